The number of rotatable bonds is 2. The maximum atomic E-state index is 6.83. The van der Waals surface area contributed by atoms with E-state index in [0.717, 1.165) is 22.0 Å². The van der Waals surface area contributed by atoms with Crippen molar-refractivity contribution in [3.05, 3.63) is 167 Å². The van der Waals surface area contributed by atoms with Crippen LogP contribution in [0.25, 0.3) is 55.7 Å². The Morgan fingerprint density at radius 1 is 0.452 bits per heavy atom. The van der Waals surface area contributed by atoms with Crippen molar-refractivity contribution in [2.75, 3.05) is 0 Å². The van der Waals surface area contributed by atoms with Gasteiger partial charge < -0.3 is 0 Å². The molecule has 1 spiro atoms. The Morgan fingerprint density at radius 3 is 1.74 bits per heavy atom. The first-order valence-electron chi connectivity index (χ1n) is 14.2. The van der Waals surface area contributed by atoms with Gasteiger partial charge in [0.25, 0.3) is 0 Å². The molecule has 2 aliphatic carbocycles. The van der Waals surface area contributed by atoms with E-state index >= 15 is 0 Å². The van der Waals surface area contributed by atoms with Gasteiger partial charge in [-0.2, -0.15) is 0 Å². The number of halogens is 1. The third-order valence-electron chi connectivity index (χ3n) is 9.01. The first kappa shape index (κ1) is 23.6. The van der Waals surface area contributed by atoms with Gasteiger partial charge in [0.05, 0.1) is 10.9 Å². The molecule has 0 aliphatic heterocycles. The summed E-state index contributed by atoms with van der Waals surface area (Å²) >= 11 is 6.83. The number of hydrogen-bond donors (Lipinski definition) is 0. The predicted octanol–water partition coefficient (Wildman–Crippen LogP) is 9.96. The summed E-state index contributed by atoms with van der Waals surface area (Å²) in [7, 11) is 0. The highest BCUT2D eigenvalue weighted by atomic mass is 35.5. The van der Waals surface area contributed by atoms with Crippen LogP contribution < -0.4 is 0 Å². The molecule has 0 unspecified atom stereocenters. The van der Waals surface area contributed by atoms with Crippen LogP contribution in [0.2, 0.25) is 5.15 Å². The van der Waals surface area contributed by atoms with Crippen molar-refractivity contribution in [1.29, 1.82) is 0 Å². The molecule has 0 N–H and O–H groups in total. The lowest BCUT2D eigenvalue weighted by molar-refractivity contribution is 0.794. The second-order valence-electron chi connectivity index (χ2n) is 11.1. The van der Waals surface area contributed by atoms with Gasteiger partial charge in [0, 0.05) is 10.9 Å². The summed E-state index contributed by atoms with van der Waals surface area (Å²) < 4.78 is 0. The van der Waals surface area contributed by atoms with Crippen LogP contribution in [0, 0.1) is 0 Å². The molecule has 0 radical (unpaired) electrons. The maximum absolute atomic E-state index is 6.83. The Labute approximate surface area is 248 Å². The normalized spacial score (nSPS) is 13.5. The molecule has 2 aliphatic rings. The van der Waals surface area contributed by atoms with Crippen molar-refractivity contribution >= 4 is 22.5 Å². The number of fused-ring (bicyclic) bond motifs is 11. The quantitative estimate of drug-likeness (QED) is 0.199. The Balaban J connectivity index is 1.30. The molecule has 1 heterocycles. The van der Waals surface area contributed by atoms with Crippen molar-refractivity contribution < 1.29 is 0 Å². The Kier molecular flexibility index (Phi) is 4.91. The second-order valence-corrected chi connectivity index (χ2v) is 11.4. The van der Waals surface area contributed by atoms with Crippen molar-refractivity contribution in [2.24, 2.45) is 0 Å². The topological polar surface area (TPSA) is 25.8 Å². The third kappa shape index (κ3) is 3.05. The zero-order chi connectivity index (χ0) is 27.8. The van der Waals surface area contributed by atoms with Gasteiger partial charge in [0.2, 0.25) is 0 Å². The van der Waals surface area contributed by atoms with E-state index in [2.05, 4.69) is 114 Å². The van der Waals surface area contributed by atoms with Gasteiger partial charge in [-0.05, 0) is 67.8 Å². The third-order valence-corrected chi connectivity index (χ3v) is 9.30. The van der Waals surface area contributed by atoms with Crippen LogP contribution in [0.1, 0.15) is 22.3 Å². The molecule has 2 nitrogen and oxygen atoms in total. The standard InChI is InChI=1S/C39H23ClN2/c40-37-30-23-25(21-22-35(30)41-38(42-37)24-11-2-1-3-12-24)26-16-10-20-34-36(26)29-15-6-9-19-33(29)39(34)31-17-7-4-13-27(31)28-14-5-8-18-32(28)39/h1-23H. The van der Waals surface area contributed by atoms with Crippen molar-refractivity contribution in [3.8, 4) is 44.8 Å². The molecule has 1 aromatic heterocycles. The fraction of sp³-hybridized carbons (Fsp3) is 0.0256. The maximum Gasteiger partial charge on any atom is 0.161 e. The minimum atomic E-state index is -0.364. The molecule has 42 heavy (non-hydrogen) atoms. The fourth-order valence-corrected chi connectivity index (χ4v) is 7.59. The summed E-state index contributed by atoms with van der Waals surface area (Å²) in [4.78, 5) is 9.54. The molecule has 9 rings (SSSR count). The van der Waals surface area contributed by atoms with E-state index in [4.69, 9.17) is 16.6 Å². The first-order valence-corrected chi connectivity index (χ1v) is 14.6. The van der Waals surface area contributed by atoms with E-state index in [9.17, 15) is 0 Å². The summed E-state index contributed by atoms with van der Waals surface area (Å²) in [5.41, 5.74) is 14.2. The number of benzene rings is 6. The van der Waals surface area contributed by atoms with E-state index in [1.54, 1.807) is 0 Å². The summed E-state index contributed by atoms with van der Waals surface area (Å²) in [6.07, 6.45) is 0. The fourth-order valence-electron chi connectivity index (χ4n) is 7.36. The lowest BCUT2D eigenvalue weighted by Crippen LogP contribution is -2.25. The number of hydrogen-bond acceptors (Lipinski definition) is 2. The molecule has 7 aromatic rings. The highest BCUT2D eigenvalue weighted by Crippen LogP contribution is 2.63. The zero-order valence-electron chi connectivity index (χ0n) is 22.6. The molecule has 0 amide bonds. The molecule has 0 saturated carbocycles. The summed E-state index contributed by atoms with van der Waals surface area (Å²) in [6, 6.07) is 49.8. The van der Waals surface area contributed by atoms with Gasteiger partial charge in [0.1, 0.15) is 5.15 Å². The Morgan fingerprint density at radius 2 is 1.02 bits per heavy atom. The van der Waals surface area contributed by atoms with Crippen LogP contribution in [-0.4, -0.2) is 9.97 Å². The van der Waals surface area contributed by atoms with Gasteiger partial charge in [-0.25, -0.2) is 9.97 Å². The van der Waals surface area contributed by atoms with Crippen LogP contribution in [0.5, 0.6) is 0 Å². The largest absolute Gasteiger partial charge is 0.228 e. The van der Waals surface area contributed by atoms with E-state index in [1.165, 1.54) is 50.1 Å². The van der Waals surface area contributed by atoms with Gasteiger partial charge >= 0.3 is 0 Å². The van der Waals surface area contributed by atoms with E-state index < -0.39 is 0 Å². The van der Waals surface area contributed by atoms with Crippen LogP contribution in [-0.2, 0) is 5.41 Å². The molecular weight excluding hydrogens is 532 g/mol. The lowest BCUT2D eigenvalue weighted by atomic mass is 9.70. The van der Waals surface area contributed by atoms with Crippen LogP contribution >= 0.6 is 11.6 Å². The van der Waals surface area contributed by atoms with E-state index in [0.29, 0.717) is 11.0 Å². The molecule has 0 atom stereocenters. The van der Waals surface area contributed by atoms with Crippen molar-refractivity contribution in [1.82, 2.24) is 9.97 Å². The molecule has 0 saturated heterocycles. The van der Waals surface area contributed by atoms with Gasteiger partial charge in [-0.15, -0.1) is 0 Å². The average molecular weight is 555 g/mol. The summed E-state index contributed by atoms with van der Waals surface area (Å²) in [5.74, 6) is 0.635. The average Bonchev–Trinajstić information content (AvgIpc) is 3.53. The minimum Gasteiger partial charge on any atom is -0.228 e. The highest BCUT2D eigenvalue weighted by molar-refractivity contribution is 6.34. The summed E-state index contributed by atoms with van der Waals surface area (Å²) in [6.45, 7) is 0. The van der Waals surface area contributed by atoms with Crippen LogP contribution in [0.3, 0.4) is 0 Å². The van der Waals surface area contributed by atoms with Crippen molar-refractivity contribution in [2.45, 2.75) is 5.41 Å². The predicted molar refractivity (Wildman–Crippen MR) is 172 cm³/mol. The smallest absolute Gasteiger partial charge is 0.161 e. The van der Waals surface area contributed by atoms with Crippen LogP contribution in [0.4, 0.5) is 0 Å². The van der Waals surface area contributed by atoms with Crippen molar-refractivity contribution in [3.63, 3.8) is 0 Å². The number of aromatic nitrogens is 2. The minimum absolute atomic E-state index is 0.364. The van der Waals surface area contributed by atoms with Gasteiger partial charge in [-0.3, -0.25) is 0 Å². The van der Waals surface area contributed by atoms with Gasteiger partial charge in [-0.1, -0.05) is 139 Å². The van der Waals surface area contributed by atoms with E-state index in [1.807, 2.05) is 30.3 Å². The number of nitrogens with zero attached hydrogens (tertiary/aromatic N) is 2. The monoisotopic (exact) mass is 554 g/mol. The first-order chi connectivity index (χ1) is 20.7. The Bertz CT molecular complexity index is 2170. The Hall–Kier alpha value is -5.05. The van der Waals surface area contributed by atoms with E-state index in [-0.39, 0.29) is 5.41 Å². The van der Waals surface area contributed by atoms with Gasteiger partial charge in [0.15, 0.2) is 5.82 Å². The molecular formula is C39H23ClN2. The summed E-state index contributed by atoms with van der Waals surface area (Å²) in [5, 5.41) is 1.31. The molecule has 6 aromatic carbocycles. The molecule has 0 bridgehead atoms. The molecule has 3 heteroatoms. The molecule has 196 valence electrons. The molecule has 0 fully saturated rings. The lowest BCUT2D eigenvalue weighted by Gasteiger charge is -2.30. The zero-order valence-corrected chi connectivity index (χ0v) is 23.3. The highest BCUT2D eigenvalue weighted by Gasteiger charge is 2.51. The SMILES string of the molecule is Clc1nc(-c2ccccc2)nc2ccc(-c3cccc4c3-c3ccccc3C43c4ccccc4-c4ccccc43)cc12. The van der Waals surface area contributed by atoms with Crippen LogP contribution in [0.15, 0.2) is 140 Å². The second kappa shape index (κ2) is 8.72.